The number of anilines is 1. The second-order valence-corrected chi connectivity index (χ2v) is 6.56. The van der Waals surface area contributed by atoms with Crippen LogP contribution in [0.15, 0.2) is 12.3 Å². The van der Waals surface area contributed by atoms with E-state index >= 15 is 0 Å². The first kappa shape index (κ1) is 15.4. The van der Waals surface area contributed by atoms with E-state index in [0.29, 0.717) is 30.3 Å². The topological polar surface area (TPSA) is 25.4 Å². The number of hydrogen-bond acceptors (Lipinski definition) is 3. The fraction of sp³-hybridized carbons (Fsp3) is 0.688. The van der Waals surface area contributed by atoms with Gasteiger partial charge >= 0.3 is 6.18 Å². The van der Waals surface area contributed by atoms with Gasteiger partial charge in [-0.25, -0.2) is 4.98 Å². The predicted molar refractivity (Wildman–Crippen MR) is 78.0 cm³/mol. The van der Waals surface area contributed by atoms with E-state index in [1.54, 1.807) is 0 Å². The molecule has 0 aliphatic carbocycles. The van der Waals surface area contributed by atoms with Crippen molar-refractivity contribution in [1.29, 1.82) is 0 Å². The molecule has 2 aliphatic heterocycles. The number of hydrogen-bond donors (Lipinski definition) is 0. The van der Waals surface area contributed by atoms with Gasteiger partial charge in [-0.3, -0.25) is 0 Å². The number of piperidine rings is 1. The van der Waals surface area contributed by atoms with Crippen LogP contribution in [-0.4, -0.2) is 24.2 Å². The van der Waals surface area contributed by atoms with Gasteiger partial charge in [0.2, 0.25) is 0 Å². The van der Waals surface area contributed by atoms with Gasteiger partial charge in [0.15, 0.2) is 11.6 Å². The molecule has 6 heteroatoms. The Balaban J connectivity index is 1.89. The predicted octanol–water partition coefficient (Wildman–Crippen LogP) is 4.12. The fourth-order valence-corrected chi connectivity index (χ4v) is 3.46. The number of rotatable bonds is 1. The largest absolute Gasteiger partial charge is 0.490 e. The van der Waals surface area contributed by atoms with E-state index in [2.05, 4.69) is 23.7 Å². The number of ether oxygens (including phenoxy) is 1. The molecule has 3 nitrogen and oxygen atoms in total. The zero-order chi connectivity index (χ0) is 15.9. The van der Waals surface area contributed by atoms with Crippen molar-refractivity contribution in [1.82, 2.24) is 4.98 Å². The Morgan fingerprint density at radius 1 is 1.32 bits per heavy atom. The van der Waals surface area contributed by atoms with Crippen molar-refractivity contribution in [3.05, 3.63) is 17.8 Å². The molecule has 0 amide bonds. The third-order valence-electron chi connectivity index (χ3n) is 4.84. The number of nitrogens with zero attached hydrogens (tertiary/aromatic N) is 2. The van der Waals surface area contributed by atoms with Gasteiger partial charge in [0.05, 0.1) is 12.2 Å². The first-order valence-electron chi connectivity index (χ1n) is 7.83. The lowest BCUT2D eigenvalue weighted by Gasteiger charge is -2.40. The zero-order valence-corrected chi connectivity index (χ0v) is 12.9. The molecule has 1 fully saturated rings. The standard InChI is InChI=1S/C16H21F3N2O/c1-10(2)11-3-5-21-13(7-11)4-6-22-14-8-12(16(17,18)19)9-20-15(14)21/h8-11,13H,3-7H2,1-2H3. The van der Waals surface area contributed by atoms with Crippen molar-refractivity contribution in [3.8, 4) is 5.75 Å². The van der Waals surface area contributed by atoms with Crippen LogP contribution in [0.1, 0.15) is 38.7 Å². The monoisotopic (exact) mass is 314 g/mol. The summed E-state index contributed by atoms with van der Waals surface area (Å²) in [5, 5.41) is 0. The van der Waals surface area contributed by atoms with Gasteiger partial charge < -0.3 is 9.64 Å². The molecule has 2 aliphatic rings. The van der Waals surface area contributed by atoms with Crippen LogP contribution in [0.3, 0.4) is 0 Å². The Morgan fingerprint density at radius 2 is 2.09 bits per heavy atom. The summed E-state index contributed by atoms with van der Waals surface area (Å²) >= 11 is 0. The highest BCUT2D eigenvalue weighted by molar-refractivity contribution is 5.55. The maximum atomic E-state index is 12.8. The number of fused-ring (bicyclic) bond motifs is 3. The molecular weight excluding hydrogens is 293 g/mol. The SMILES string of the molecule is CC(C)C1CCN2c3ncc(C(F)(F)F)cc3OCCC2C1. The maximum absolute atomic E-state index is 12.8. The third-order valence-corrected chi connectivity index (χ3v) is 4.84. The summed E-state index contributed by atoms with van der Waals surface area (Å²) < 4.78 is 44.0. The smallest absolute Gasteiger partial charge is 0.418 e. The second kappa shape index (κ2) is 5.63. The first-order chi connectivity index (χ1) is 10.4. The lowest BCUT2D eigenvalue weighted by atomic mass is 9.82. The molecule has 3 rings (SSSR count). The molecule has 0 spiro atoms. The van der Waals surface area contributed by atoms with Crippen molar-refractivity contribution in [2.24, 2.45) is 11.8 Å². The average Bonchev–Trinajstić information content (AvgIpc) is 2.64. The normalized spacial score (nSPS) is 25.3. The minimum atomic E-state index is -4.39. The van der Waals surface area contributed by atoms with Gasteiger partial charge in [0.25, 0.3) is 0 Å². The van der Waals surface area contributed by atoms with Crippen LogP contribution in [0.25, 0.3) is 0 Å². The van der Waals surface area contributed by atoms with Crippen molar-refractivity contribution in [3.63, 3.8) is 0 Å². The van der Waals surface area contributed by atoms with Gasteiger partial charge in [-0.1, -0.05) is 13.8 Å². The molecule has 0 N–H and O–H groups in total. The fourth-order valence-electron chi connectivity index (χ4n) is 3.46. The molecule has 1 saturated heterocycles. The van der Waals surface area contributed by atoms with Crippen LogP contribution in [-0.2, 0) is 6.18 Å². The molecule has 2 atom stereocenters. The van der Waals surface area contributed by atoms with Crippen molar-refractivity contribution in [2.45, 2.75) is 45.3 Å². The Kier molecular flexibility index (Phi) is 3.95. The van der Waals surface area contributed by atoms with E-state index in [4.69, 9.17) is 4.74 Å². The van der Waals surface area contributed by atoms with Crippen molar-refractivity contribution >= 4 is 5.82 Å². The molecule has 0 saturated carbocycles. The molecule has 0 bridgehead atoms. The Labute approximate surface area is 128 Å². The highest BCUT2D eigenvalue weighted by Gasteiger charge is 2.36. The van der Waals surface area contributed by atoms with E-state index in [1.165, 1.54) is 0 Å². The number of halogens is 3. The third kappa shape index (κ3) is 2.88. The van der Waals surface area contributed by atoms with Crippen LogP contribution >= 0.6 is 0 Å². The Bertz CT molecular complexity index is 545. The highest BCUT2D eigenvalue weighted by Crippen LogP contribution is 2.40. The van der Waals surface area contributed by atoms with Crippen LogP contribution in [0.2, 0.25) is 0 Å². The van der Waals surface area contributed by atoms with E-state index in [9.17, 15) is 13.2 Å². The summed E-state index contributed by atoms with van der Waals surface area (Å²) in [6.45, 7) is 5.74. The lowest BCUT2D eigenvalue weighted by molar-refractivity contribution is -0.137. The highest BCUT2D eigenvalue weighted by atomic mass is 19.4. The zero-order valence-electron chi connectivity index (χ0n) is 12.9. The van der Waals surface area contributed by atoms with E-state index < -0.39 is 11.7 Å². The molecule has 22 heavy (non-hydrogen) atoms. The van der Waals surface area contributed by atoms with E-state index in [1.807, 2.05) is 0 Å². The summed E-state index contributed by atoms with van der Waals surface area (Å²) in [4.78, 5) is 6.22. The Morgan fingerprint density at radius 3 is 2.77 bits per heavy atom. The van der Waals surface area contributed by atoms with Crippen LogP contribution < -0.4 is 9.64 Å². The number of alkyl halides is 3. The molecule has 0 radical (unpaired) electrons. The van der Waals surface area contributed by atoms with Crippen molar-refractivity contribution in [2.75, 3.05) is 18.1 Å². The summed E-state index contributed by atoms with van der Waals surface area (Å²) in [5.74, 6) is 2.13. The van der Waals surface area contributed by atoms with Crippen LogP contribution in [0, 0.1) is 11.8 Å². The summed E-state index contributed by atoms with van der Waals surface area (Å²) in [6, 6.07) is 1.39. The quantitative estimate of drug-likeness (QED) is 0.779. The Hall–Kier alpha value is -1.46. The van der Waals surface area contributed by atoms with Gasteiger partial charge in [-0.05, 0) is 30.7 Å². The van der Waals surface area contributed by atoms with Gasteiger partial charge in [-0.2, -0.15) is 13.2 Å². The first-order valence-corrected chi connectivity index (χ1v) is 7.83. The van der Waals surface area contributed by atoms with E-state index in [-0.39, 0.29) is 5.75 Å². The number of aromatic nitrogens is 1. The summed E-state index contributed by atoms with van der Waals surface area (Å²) in [6.07, 6.45) is -0.527. The van der Waals surface area contributed by atoms with Crippen molar-refractivity contribution < 1.29 is 17.9 Å². The maximum Gasteiger partial charge on any atom is 0.418 e. The van der Waals surface area contributed by atoms with Gasteiger partial charge in [0.1, 0.15) is 0 Å². The molecule has 1 aromatic rings. The molecule has 122 valence electrons. The number of pyridine rings is 1. The molecule has 1 aromatic heterocycles. The molecule has 2 unspecified atom stereocenters. The van der Waals surface area contributed by atoms with E-state index in [0.717, 1.165) is 38.1 Å². The van der Waals surface area contributed by atoms with Crippen LogP contribution in [0.5, 0.6) is 5.75 Å². The summed E-state index contributed by atoms with van der Waals surface area (Å²) in [5.41, 5.74) is -0.748. The molecule has 0 aromatic carbocycles. The minimum absolute atomic E-state index is 0.264. The summed E-state index contributed by atoms with van der Waals surface area (Å²) in [7, 11) is 0. The molecule has 3 heterocycles. The van der Waals surface area contributed by atoms with Gasteiger partial charge in [-0.15, -0.1) is 0 Å². The van der Waals surface area contributed by atoms with Crippen LogP contribution in [0.4, 0.5) is 19.0 Å². The lowest BCUT2D eigenvalue weighted by Crippen LogP contribution is -2.44. The average molecular weight is 314 g/mol. The van der Waals surface area contributed by atoms with Gasteiger partial charge in [0, 0.05) is 25.2 Å². The molecular formula is C16H21F3N2O. The minimum Gasteiger partial charge on any atom is -0.490 e. The second-order valence-electron chi connectivity index (χ2n) is 6.56.